The maximum atomic E-state index is 6.73. The quantitative estimate of drug-likeness (QED) is 0.184. The summed E-state index contributed by atoms with van der Waals surface area (Å²) < 4.78 is 13.3. The van der Waals surface area contributed by atoms with Crippen molar-refractivity contribution >= 4 is 66.3 Å². The van der Waals surface area contributed by atoms with E-state index in [0.717, 1.165) is 88.9 Å². The molecule has 6 heteroatoms. The van der Waals surface area contributed by atoms with Crippen molar-refractivity contribution in [1.29, 1.82) is 0 Å². The van der Waals surface area contributed by atoms with Crippen molar-refractivity contribution in [2.45, 2.75) is 19.3 Å². The van der Waals surface area contributed by atoms with Crippen LogP contribution in [0.1, 0.15) is 36.2 Å². The molecular formula is C47H30N4O2. The van der Waals surface area contributed by atoms with Gasteiger partial charge in [-0.2, -0.15) is 0 Å². The van der Waals surface area contributed by atoms with Gasteiger partial charge in [0.25, 0.3) is 0 Å². The first-order valence-corrected chi connectivity index (χ1v) is 17.9. The van der Waals surface area contributed by atoms with Gasteiger partial charge in [-0.15, -0.1) is 0 Å². The smallest absolute Gasteiger partial charge is 0.164 e. The molecule has 4 aromatic heterocycles. The number of para-hydroxylation sites is 2. The maximum absolute atomic E-state index is 6.73. The molecule has 250 valence electrons. The summed E-state index contributed by atoms with van der Waals surface area (Å²) in [6.45, 7) is 2.27. The van der Waals surface area contributed by atoms with Crippen LogP contribution in [-0.4, -0.2) is 19.9 Å². The van der Waals surface area contributed by atoms with Crippen LogP contribution in [0, 0.1) is 0 Å². The van der Waals surface area contributed by atoms with Crippen molar-refractivity contribution in [3.05, 3.63) is 157 Å². The summed E-state index contributed by atoms with van der Waals surface area (Å²) in [5.41, 5.74) is 10.5. The minimum atomic E-state index is 0.325. The minimum Gasteiger partial charge on any atom is -0.456 e. The number of furan rings is 2. The highest BCUT2D eigenvalue weighted by Crippen LogP contribution is 2.44. The predicted octanol–water partition coefficient (Wildman–Crippen LogP) is 12.3. The third kappa shape index (κ3) is 4.80. The monoisotopic (exact) mass is 682 g/mol. The van der Waals surface area contributed by atoms with Crippen LogP contribution in [0.2, 0.25) is 0 Å². The van der Waals surface area contributed by atoms with E-state index in [0.29, 0.717) is 23.4 Å². The van der Waals surface area contributed by atoms with E-state index < -0.39 is 0 Å². The SMILES string of the molecule is CC1CC(c2nc(-c3ccccc3)nc(-c3cc(-c4cccc5c4oc4ccccc45)cc4oc5cc6cnccc6cc5c34)n2)=Cc2ccccc21. The molecule has 0 bridgehead atoms. The Labute approximate surface area is 304 Å². The van der Waals surface area contributed by atoms with Crippen molar-refractivity contribution in [3.8, 4) is 33.9 Å². The molecule has 0 N–H and O–H groups in total. The van der Waals surface area contributed by atoms with E-state index >= 15 is 0 Å². The Bertz CT molecular complexity index is 3120. The Morgan fingerprint density at radius 2 is 1.38 bits per heavy atom. The highest BCUT2D eigenvalue weighted by atomic mass is 16.3. The summed E-state index contributed by atoms with van der Waals surface area (Å²) in [5, 5.41) is 6.19. The minimum absolute atomic E-state index is 0.325. The molecule has 6 nitrogen and oxygen atoms in total. The van der Waals surface area contributed by atoms with E-state index in [2.05, 4.69) is 103 Å². The van der Waals surface area contributed by atoms with Gasteiger partial charge in [0, 0.05) is 56.0 Å². The lowest BCUT2D eigenvalue weighted by Crippen LogP contribution is -2.08. The van der Waals surface area contributed by atoms with Crippen LogP contribution in [0.25, 0.3) is 100 Å². The summed E-state index contributed by atoms with van der Waals surface area (Å²) in [4.78, 5) is 20.1. The standard InChI is InChI=1S/C47H30N4O2/c1-27-20-32(21-30-12-5-6-13-34(27)30)46-49-45(28-10-3-2-4-11-28)50-47(51-46)39-23-31(35-15-9-16-37-36-14-7-8-17-40(36)53-44(35)37)24-42-43(39)38-22-29-18-19-48-26-33(29)25-41(38)52-42/h2-19,21-27H,20H2,1H3. The number of hydrogen-bond acceptors (Lipinski definition) is 6. The molecule has 0 radical (unpaired) electrons. The molecule has 1 unspecified atom stereocenters. The molecule has 4 heterocycles. The number of benzene rings is 6. The second-order valence-corrected chi connectivity index (χ2v) is 13.9. The first kappa shape index (κ1) is 29.8. The third-order valence-electron chi connectivity index (χ3n) is 10.6. The molecule has 10 aromatic rings. The van der Waals surface area contributed by atoms with Gasteiger partial charge in [-0.25, -0.2) is 15.0 Å². The Morgan fingerprint density at radius 1 is 0.566 bits per heavy atom. The van der Waals surface area contributed by atoms with E-state index in [1.807, 2.05) is 54.9 Å². The molecule has 1 aliphatic rings. The number of allylic oxidation sites excluding steroid dienone is 1. The van der Waals surface area contributed by atoms with Crippen LogP contribution in [0.3, 0.4) is 0 Å². The summed E-state index contributed by atoms with van der Waals surface area (Å²) in [5.74, 6) is 2.21. The Hall–Kier alpha value is -6.92. The summed E-state index contributed by atoms with van der Waals surface area (Å²) in [7, 11) is 0. The molecule has 0 saturated carbocycles. The molecule has 0 aliphatic heterocycles. The second-order valence-electron chi connectivity index (χ2n) is 13.9. The second kappa shape index (κ2) is 11.6. The highest BCUT2D eigenvalue weighted by molar-refractivity contribution is 6.17. The lowest BCUT2D eigenvalue weighted by atomic mass is 9.84. The molecule has 6 aromatic carbocycles. The first-order valence-electron chi connectivity index (χ1n) is 17.9. The molecule has 0 amide bonds. The van der Waals surface area contributed by atoms with Gasteiger partial charge in [0.2, 0.25) is 0 Å². The van der Waals surface area contributed by atoms with E-state index in [4.69, 9.17) is 23.8 Å². The normalized spacial score (nSPS) is 14.4. The van der Waals surface area contributed by atoms with Crippen molar-refractivity contribution in [1.82, 2.24) is 19.9 Å². The predicted molar refractivity (Wildman–Crippen MR) is 213 cm³/mol. The summed E-state index contributed by atoms with van der Waals surface area (Å²) in [6.07, 6.45) is 6.76. The lowest BCUT2D eigenvalue weighted by Gasteiger charge is -2.22. The van der Waals surface area contributed by atoms with E-state index in [1.54, 1.807) is 0 Å². The zero-order valence-corrected chi connectivity index (χ0v) is 28.7. The molecule has 0 spiro atoms. The van der Waals surface area contributed by atoms with Gasteiger partial charge < -0.3 is 8.83 Å². The number of fused-ring (bicyclic) bond motifs is 8. The van der Waals surface area contributed by atoms with Crippen molar-refractivity contribution in [3.63, 3.8) is 0 Å². The van der Waals surface area contributed by atoms with Gasteiger partial charge >= 0.3 is 0 Å². The highest BCUT2D eigenvalue weighted by Gasteiger charge is 2.24. The average molecular weight is 683 g/mol. The largest absolute Gasteiger partial charge is 0.456 e. The molecule has 1 aliphatic carbocycles. The van der Waals surface area contributed by atoms with Crippen LogP contribution in [0.15, 0.2) is 149 Å². The fourth-order valence-corrected chi connectivity index (χ4v) is 8.08. The average Bonchev–Trinajstić information content (AvgIpc) is 3.77. The van der Waals surface area contributed by atoms with Crippen LogP contribution in [-0.2, 0) is 0 Å². The maximum Gasteiger partial charge on any atom is 0.164 e. The third-order valence-corrected chi connectivity index (χ3v) is 10.6. The van der Waals surface area contributed by atoms with Crippen molar-refractivity contribution in [2.24, 2.45) is 0 Å². The lowest BCUT2D eigenvalue weighted by molar-refractivity contribution is 0.668. The molecule has 1 atom stereocenters. The molecule has 0 fully saturated rings. The number of aromatic nitrogens is 4. The molecule has 11 rings (SSSR count). The Morgan fingerprint density at radius 3 is 2.32 bits per heavy atom. The molecular weight excluding hydrogens is 653 g/mol. The van der Waals surface area contributed by atoms with Gasteiger partial charge in [-0.3, -0.25) is 4.98 Å². The summed E-state index contributed by atoms with van der Waals surface area (Å²) >= 11 is 0. The number of pyridine rings is 1. The van der Waals surface area contributed by atoms with Gasteiger partial charge in [-0.1, -0.05) is 97.9 Å². The summed E-state index contributed by atoms with van der Waals surface area (Å²) in [6, 6.07) is 43.8. The zero-order chi connectivity index (χ0) is 35.0. The van der Waals surface area contributed by atoms with E-state index in [1.165, 1.54) is 11.1 Å². The van der Waals surface area contributed by atoms with Gasteiger partial charge in [-0.05, 0) is 82.5 Å². The van der Waals surface area contributed by atoms with E-state index in [-0.39, 0.29) is 0 Å². The van der Waals surface area contributed by atoms with Gasteiger partial charge in [0.15, 0.2) is 17.5 Å². The van der Waals surface area contributed by atoms with Crippen LogP contribution in [0.4, 0.5) is 0 Å². The van der Waals surface area contributed by atoms with Crippen LogP contribution < -0.4 is 0 Å². The molecule has 53 heavy (non-hydrogen) atoms. The topological polar surface area (TPSA) is 77.8 Å². The number of nitrogens with zero attached hydrogens (tertiary/aromatic N) is 4. The zero-order valence-electron chi connectivity index (χ0n) is 28.7. The molecule has 0 saturated heterocycles. The van der Waals surface area contributed by atoms with Gasteiger partial charge in [0.1, 0.15) is 22.3 Å². The van der Waals surface area contributed by atoms with Crippen molar-refractivity contribution < 1.29 is 8.83 Å². The fraction of sp³-hybridized carbons (Fsp3) is 0.0638. The van der Waals surface area contributed by atoms with Crippen LogP contribution in [0.5, 0.6) is 0 Å². The van der Waals surface area contributed by atoms with Crippen LogP contribution >= 0.6 is 0 Å². The first-order chi connectivity index (χ1) is 26.1. The van der Waals surface area contributed by atoms with Crippen molar-refractivity contribution in [2.75, 3.05) is 0 Å². The fourth-order valence-electron chi connectivity index (χ4n) is 8.08. The number of hydrogen-bond donors (Lipinski definition) is 0. The van der Waals surface area contributed by atoms with E-state index in [9.17, 15) is 0 Å². The van der Waals surface area contributed by atoms with Gasteiger partial charge in [0.05, 0.1) is 0 Å². The Kier molecular flexibility index (Phi) is 6.49. The Balaban J connectivity index is 1.22. The number of rotatable bonds is 4.